The predicted molar refractivity (Wildman–Crippen MR) is 58.0 cm³/mol. The van der Waals surface area contributed by atoms with Crippen molar-refractivity contribution < 1.29 is 19.2 Å². The first-order chi connectivity index (χ1) is 7.56. The molecule has 0 aromatic heterocycles. The van der Waals surface area contributed by atoms with E-state index in [1.807, 2.05) is 20.8 Å². The van der Waals surface area contributed by atoms with Crippen LogP contribution < -0.4 is 0 Å². The molecule has 0 aromatic carbocycles. The van der Waals surface area contributed by atoms with Gasteiger partial charge in [-0.3, -0.25) is 9.59 Å². The Bertz CT molecular complexity index is 259. The zero-order valence-electron chi connectivity index (χ0n) is 10.3. The van der Waals surface area contributed by atoms with Crippen LogP contribution >= 0.6 is 0 Å². The van der Waals surface area contributed by atoms with E-state index in [1.54, 1.807) is 6.92 Å². The molecule has 1 aliphatic heterocycles. The van der Waals surface area contributed by atoms with Gasteiger partial charge >= 0.3 is 5.97 Å². The van der Waals surface area contributed by atoms with Crippen molar-refractivity contribution in [1.29, 1.82) is 0 Å². The number of carbonyl (C=O) groups excluding carboxylic acids is 3. The summed E-state index contributed by atoms with van der Waals surface area (Å²) in [5.74, 6) is -1.70. The molecule has 0 spiro atoms. The topological polar surface area (TPSA) is 63.7 Å². The molecule has 1 unspecified atom stereocenters. The maximum absolute atomic E-state index is 11.3. The van der Waals surface area contributed by atoms with Crippen molar-refractivity contribution in [2.45, 2.75) is 47.0 Å². The minimum absolute atomic E-state index is 0.132. The van der Waals surface area contributed by atoms with E-state index in [0.717, 1.165) is 0 Å². The quantitative estimate of drug-likeness (QED) is 0.690. The molecule has 2 amide bonds. The van der Waals surface area contributed by atoms with E-state index >= 15 is 0 Å². The highest BCUT2D eigenvalue weighted by Crippen LogP contribution is 2.14. The number of hydroxylamine groups is 2. The molecular formula is C11H19NO4. The first-order valence-electron chi connectivity index (χ1n) is 5.63. The fraction of sp³-hybridized carbons (Fsp3) is 0.727. The largest absolute Gasteiger partial charge is 0.335 e. The molecule has 0 N–H and O–H groups in total. The second-order valence-corrected chi connectivity index (χ2v) is 3.30. The molecule has 0 bridgehead atoms. The third-order valence-corrected chi connectivity index (χ3v) is 2.20. The van der Waals surface area contributed by atoms with Crippen molar-refractivity contribution in [3.63, 3.8) is 0 Å². The highest BCUT2D eigenvalue weighted by molar-refractivity contribution is 6.01. The van der Waals surface area contributed by atoms with Crippen LogP contribution in [0.2, 0.25) is 0 Å². The molecule has 0 radical (unpaired) electrons. The number of hydrogen-bond donors (Lipinski definition) is 0. The van der Waals surface area contributed by atoms with Gasteiger partial charge in [0.05, 0.1) is 5.92 Å². The summed E-state index contributed by atoms with van der Waals surface area (Å²) >= 11 is 0. The van der Waals surface area contributed by atoms with Crippen LogP contribution in [-0.2, 0) is 19.2 Å². The summed E-state index contributed by atoms with van der Waals surface area (Å²) in [4.78, 5) is 38.1. The van der Waals surface area contributed by atoms with Crippen LogP contribution in [0.1, 0.15) is 47.0 Å². The highest BCUT2D eigenvalue weighted by atomic mass is 16.7. The van der Waals surface area contributed by atoms with Crippen molar-refractivity contribution in [1.82, 2.24) is 5.06 Å². The zero-order chi connectivity index (χ0) is 12.7. The summed E-state index contributed by atoms with van der Waals surface area (Å²) in [6, 6.07) is 0. The Kier molecular flexibility index (Phi) is 6.37. The predicted octanol–water partition coefficient (Wildman–Crippen LogP) is 1.67. The molecule has 1 atom stereocenters. The lowest BCUT2D eigenvalue weighted by atomic mass is 10.1. The van der Waals surface area contributed by atoms with Crippen LogP contribution in [0.4, 0.5) is 0 Å². The third kappa shape index (κ3) is 3.64. The van der Waals surface area contributed by atoms with Crippen molar-refractivity contribution in [3.8, 4) is 0 Å². The molecule has 1 aliphatic rings. The first-order valence-corrected chi connectivity index (χ1v) is 5.63. The van der Waals surface area contributed by atoms with E-state index in [2.05, 4.69) is 4.84 Å². The van der Waals surface area contributed by atoms with E-state index in [9.17, 15) is 14.4 Å². The number of nitrogens with zero attached hydrogens (tertiary/aromatic N) is 1. The lowest BCUT2D eigenvalue weighted by molar-refractivity contribution is -0.200. The standard InChI is InChI=1S/C9H13NO4.C2H6/c1-3-6(2)9(13)14-10-7(11)4-5-8(10)12;1-2/h6H,3-5H2,1-2H3;1-2H3. The summed E-state index contributed by atoms with van der Waals surface area (Å²) in [5.41, 5.74) is 0. The fourth-order valence-corrected chi connectivity index (χ4v) is 1.00. The third-order valence-electron chi connectivity index (χ3n) is 2.20. The average molecular weight is 229 g/mol. The Morgan fingerprint density at radius 3 is 2.12 bits per heavy atom. The number of amides is 2. The van der Waals surface area contributed by atoms with Gasteiger partial charge in [0.15, 0.2) is 0 Å². The van der Waals surface area contributed by atoms with Crippen molar-refractivity contribution in [3.05, 3.63) is 0 Å². The maximum atomic E-state index is 11.3. The van der Waals surface area contributed by atoms with Gasteiger partial charge in [0.2, 0.25) is 0 Å². The van der Waals surface area contributed by atoms with Gasteiger partial charge in [-0.2, -0.15) is 0 Å². The fourth-order valence-electron chi connectivity index (χ4n) is 1.00. The molecule has 5 heteroatoms. The van der Waals surface area contributed by atoms with Gasteiger partial charge in [0.25, 0.3) is 11.8 Å². The molecule has 0 saturated carbocycles. The van der Waals surface area contributed by atoms with Crippen LogP contribution in [0.25, 0.3) is 0 Å². The molecule has 0 aromatic rings. The van der Waals surface area contributed by atoms with Gasteiger partial charge in [-0.15, -0.1) is 5.06 Å². The molecule has 1 fully saturated rings. The van der Waals surface area contributed by atoms with Gasteiger partial charge in [0, 0.05) is 12.8 Å². The second kappa shape index (κ2) is 6.98. The molecule has 16 heavy (non-hydrogen) atoms. The normalized spacial score (nSPS) is 16.6. The minimum atomic E-state index is -0.531. The second-order valence-electron chi connectivity index (χ2n) is 3.30. The molecule has 1 heterocycles. The Morgan fingerprint density at radius 2 is 1.75 bits per heavy atom. The lowest BCUT2D eigenvalue weighted by Gasteiger charge is -2.14. The average Bonchev–Trinajstić information content (AvgIpc) is 2.62. The Hall–Kier alpha value is -1.39. The monoisotopic (exact) mass is 229 g/mol. The Labute approximate surface area is 95.7 Å². The molecule has 1 rings (SSSR count). The van der Waals surface area contributed by atoms with E-state index in [-0.39, 0.29) is 18.8 Å². The molecular weight excluding hydrogens is 210 g/mol. The molecule has 92 valence electrons. The zero-order valence-corrected chi connectivity index (χ0v) is 10.3. The van der Waals surface area contributed by atoms with E-state index < -0.39 is 17.8 Å². The number of rotatable bonds is 3. The highest BCUT2D eigenvalue weighted by Gasteiger charge is 2.33. The van der Waals surface area contributed by atoms with Gasteiger partial charge in [-0.1, -0.05) is 27.7 Å². The van der Waals surface area contributed by atoms with Gasteiger partial charge in [-0.05, 0) is 6.42 Å². The SMILES string of the molecule is CC.CCC(C)C(=O)ON1C(=O)CCC1=O. The first kappa shape index (κ1) is 14.6. The maximum Gasteiger partial charge on any atom is 0.335 e. The molecule has 1 saturated heterocycles. The van der Waals surface area contributed by atoms with Crippen molar-refractivity contribution in [2.24, 2.45) is 5.92 Å². The van der Waals surface area contributed by atoms with Crippen LogP contribution in [0.5, 0.6) is 0 Å². The molecule has 0 aliphatic carbocycles. The number of imide groups is 1. The van der Waals surface area contributed by atoms with E-state index in [4.69, 9.17) is 0 Å². The van der Waals surface area contributed by atoms with E-state index in [1.165, 1.54) is 0 Å². The van der Waals surface area contributed by atoms with Crippen LogP contribution in [0.3, 0.4) is 0 Å². The van der Waals surface area contributed by atoms with E-state index in [0.29, 0.717) is 11.5 Å². The summed E-state index contributed by atoms with van der Waals surface area (Å²) in [6.07, 6.45) is 0.883. The number of hydrogen-bond acceptors (Lipinski definition) is 4. The van der Waals surface area contributed by atoms with Gasteiger partial charge < -0.3 is 4.84 Å². The van der Waals surface area contributed by atoms with Gasteiger partial charge in [-0.25, -0.2) is 4.79 Å². The van der Waals surface area contributed by atoms with Crippen LogP contribution in [0, 0.1) is 5.92 Å². The van der Waals surface area contributed by atoms with Crippen LogP contribution in [-0.4, -0.2) is 22.8 Å². The minimum Gasteiger partial charge on any atom is -0.330 e. The Morgan fingerprint density at radius 1 is 1.31 bits per heavy atom. The summed E-state index contributed by atoms with van der Waals surface area (Å²) in [6.45, 7) is 7.52. The van der Waals surface area contributed by atoms with Crippen molar-refractivity contribution >= 4 is 17.8 Å². The summed E-state index contributed by atoms with van der Waals surface area (Å²) in [7, 11) is 0. The number of carbonyl (C=O) groups is 3. The van der Waals surface area contributed by atoms with Crippen LogP contribution in [0.15, 0.2) is 0 Å². The van der Waals surface area contributed by atoms with Gasteiger partial charge in [0.1, 0.15) is 0 Å². The van der Waals surface area contributed by atoms with Crippen molar-refractivity contribution in [2.75, 3.05) is 0 Å². The summed E-state index contributed by atoms with van der Waals surface area (Å²) in [5, 5.41) is 0.578. The molecule has 5 nitrogen and oxygen atoms in total. The smallest absolute Gasteiger partial charge is 0.330 e. The lowest BCUT2D eigenvalue weighted by Crippen LogP contribution is -2.33. The Balaban J connectivity index is 0.00000106. The summed E-state index contributed by atoms with van der Waals surface area (Å²) < 4.78 is 0.